The first-order valence-corrected chi connectivity index (χ1v) is 10.4. The molecule has 0 saturated carbocycles. The van der Waals surface area contributed by atoms with Crippen LogP contribution in [0.3, 0.4) is 0 Å². The molecule has 4 heteroatoms. The first-order chi connectivity index (χ1) is 14.8. The van der Waals surface area contributed by atoms with E-state index in [0.29, 0.717) is 5.88 Å². The summed E-state index contributed by atoms with van der Waals surface area (Å²) >= 11 is 0. The van der Waals surface area contributed by atoms with E-state index in [0.717, 1.165) is 42.8 Å². The monoisotopic (exact) mass is 395 g/mol. The molecule has 0 saturated heterocycles. The minimum atomic E-state index is 0.646. The number of aromatic nitrogens is 2. The van der Waals surface area contributed by atoms with Crippen LogP contribution < -0.4 is 4.74 Å². The summed E-state index contributed by atoms with van der Waals surface area (Å²) in [7, 11) is 1.68. The Morgan fingerprint density at radius 3 is 2.63 bits per heavy atom. The Morgan fingerprint density at radius 1 is 1.00 bits per heavy atom. The van der Waals surface area contributed by atoms with Crippen LogP contribution in [-0.4, -0.2) is 35.1 Å². The normalized spacial score (nSPS) is 14.6. The van der Waals surface area contributed by atoms with Gasteiger partial charge in [0.15, 0.2) is 0 Å². The molecule has 1 aliphatic heterocycles. The minimum absolute atomic E-state index is 0.646. The predicted octanol–water partition coefficient (Wildman–Crippen LogP) is 5.53. The number of hydrogen-bond donors (Lipinski definition) is 1. The van der Waals surface area contributed by atoms with Gasteiger partial charge < -0.3 is 9.72 Å². The Labute approximate surface area is 176 Å². The van der Waals surface area contributed by atoms with Gasteiger partial charge in [0.25, 0.3) is 0 Å². The van der Waals surface area contributed by atoms with Crippen molar-refractivity contribution in [3.8, 4) is 17.1 Å². The summed E-state index contributed by atoms with van der Waals surface area (Å²) in [5.74, 6) is 0.646. The molecule has 0 fully saturated rings. The highest BCUT2D eigenvalue weighted by atomic mass is 16.5. The van der Waals surface area contributed by atoms with Crippen molar-refractivity contribution in [1.82, 2.24) is 14.9 Å². The topological polar surface area (TPSA) is 41.1 Å². The van der Waals surface area contributed by atoms with E-state index in [9.17, 15) is 0 Å². The van der Waals surface area contributed by atoms with Crippen molar-refractivity contribution in [2.75, 3.05) is 20.2 Å². The number of aromatic amines is 1. The van der Waals surface area contributed by atoms with Crippen LogP contribution in [0.5, 0.6) is 5.88 Å². The van der Waals surface area contributed by atoms with E-state index in [-0.39, 0.29) is 0 Å². The van der Waals surface area contributed by atoms with Gasteiger partial charge in [0, 0.05) is 42.3 Å². The Bertz CT molecular complexity index is 1190. The lowest BCUT2D eigenvalue weighted by Gasteiger charge is -2.27. The number of hydrogen-bond acceptors (Lipinski definition) is 3. The second kappa shape index (κ2) is 8.17. The summed E-state index contributed by atoms with van der Waals surface area (Å²) in [5, 5.41) is 1.25. The molecular weight excluding hydrogens is 370 g/mol. The van der Waals surface area contributed by atoms with Crippen LogP contribution in [0.15, 0.2) is 79.0 Å². The fourth-order valence-corrected chi connectivity index (χ4v) is 4.34. The molecule has 150 valence electrons. The van der Waals surface area contributed by atoms with Gasteiger partial charge in [-0.25, -0.2) is 4.98 Å². The molecule has 0 unspecified atom stereocenters. The predicted molar refractivity (Wildman–Crippen MR) is 122 cm³/mol. The van der Waals surface area contributed by atoms with Crippen LogP contribution in [0.1, 0.15) is 17.5 Å². The fraction of sp³-hybridized carbons (Fsp3) is 0.192. The van der Waals surface area contributed by atoms with E-state index in [1.807, 2.05) is 6.07 Å². The van der Waals surface area contributed by atoms with Crippen molar-refractivity contribution >= 4 is 16.5 Å². The first kappa shape index (κ1) is 18.6. The number of H-pyrrole nitrogens is 1. The Hall–Kier alpha value is -3.37. The van der Waals surface area contributed by atoms with Crippen molar-refractivity contribution in [3.63, 3.8) is 0 Å². The number of rotatable bonds is 5. The van der Waals surface area contributed by atoms with E-state index in [2.05, 4.69) is 81.6 Å². The van der Waals surface area contributed by atoms with Gasteiger partial charge in [0.05, 0.1) is 18.4 Å². The number of benzene rings is 2. The lowest BCUT2D eigenvalue weighted by atomic mass is 9.94. The molecule has 4 aromatic rings. The summed E-state index contributed by atoms with van der Waals surface area (Å²) in [6.45, 7) is 2.99. The Morgan fingerprint density at radius 2 is 1.83 bits per heavy atom. The zero-order valence-corrected chi connectivity index (χ0v) is 17.1. The smallest absolute Gasteiger partial charge is 0.222 e. The van der Waals surface area contributed by atoms with Crippen LogP contribution in [0.4, 0.5) is 0 Å². The lowest BCUT2D eigenvalue weighted by molar-refractivity contribution is 0.294. The zero-order valence-electron chi connectivity index (χ0n) is 17.1. The third kappa shape index (κ3) is 3.51. The summed E-state index contributed by atoms with van der Waals surface area (Å²) in [5.41, 5.74) is 7.25. The first-order valence-electron chi connectivity index (χ1n) is 10.4. The number of para-hydroxylation sites is 1. The molecule has 0 atom stereocenters. The third-order valence-electron chi connectivity index (χ3n) is 5.80. The zero-order chi connectivity index (χ0) is 20.3. The molecule has 3 heterocycles. The van der Waals surface area contributed by atoms with E-state index < -0.39 is 0 Å². The molecule has 5 rings (SSSR count). The van der Waals surface area contributed by atoms with Gasteiger partial charge in [-0.05, 0) is 35.8 Å². The molecule has 2 aromatic heterocycles. The second-order valence-electron chi connectivity index (χ2n) is 7.68. The molecule has 0 amide bonds. The molecular formula is C26H25N3O. The summed E-state index contributed by atoms with van der Waals surface area (Å²) < 4.78 is 5.56. The SMILES string of the molecule is COc1ncccc1-c1[nH]c2ccccc2c1C1=CCN(Cc2ccccc2)CC1. The van der Waals surface area contributed by atoms with E-state index in [4.69, 9.17) is 4.74 Å². The van der Waals surface area contributed by atoms with Crippen LogP contribution in [0.2, 0.25) is 0 Å². The maximum absolute atomic E-state index is 5.56. The van der Waals surface area contributed by atoms with Crippen molar-refractivity contribution in [2.45, 2.75) is 13.0 Å². The van der Waals surface area contributed by atoms with Crippen LogP contribution in [0.25, 0.3) is 27.7 Å². The average Bonchev–Trinajstić information content (AvgIpc) is 3.20. The van der Waals surface area contributed by atoms with Crippen LogP contribution >= 0.6 is 0 Å². The van der Waals surface area contributed by atoms with Gasteiger partial charge in [0.2, 0.25) is 5.88 Å². The summed E-state index contributed by atoms with van der Waals surface area (Å²) in [6.07, 6.45) is 5.17. The van der Waals surface area contributed by atoms with E-state index in [1.54, 1.807) is 13.3 Å². The number of fused-ring (bicyclic) bond motifs is 1. The number of nitrogens with one attached hydrogen (secondary N) is 1. The highest BCUT2D eigenvalue weighted by Crippen LogP contribution is 2.40. The molecule has 2 aromatic carbocycles. The molecule has 1 aliphatic rings. The van der Waals surface area contributed by atoms with Crippen LogP contribution in [0, 0.1) is 0 Å². The van der Waals surface area contributed by atoms with E-state index >= 15 is 0 Å². The van der Waals surface area contributed by atoms with Crippen LogP contribution in [-0.2, 0) is 6.54 Å². The summed E-state index contributed by atoms with van der Waals surface area (Å²) in [4.78, 5) is 10.5. The van der Waals surface area contributed by atoms with E-state index in [1.165, 1.54) is 22.1 Å². The number of ether oxygens (including phenoxy) is 1. The highest BCUT2D eigenvalue weighted by Gasteiger charge is 2.22. The van der Waals surface area contributed by atoms with Crippen molar-refractivity contribution in [3.05, 3.63) is 90.1 Å². The third-order valence-corrected chi connectivity index (χ3v) is 5.80. The van der Waals surface area contributed by atoms with Gasteiger partial charge in [-0.15, -0.1) is 0 Å². The molecule has 0 aliphatic carbocycles. The molecule has 4 nitrogen and oxygen atoms in total. The molecule has 0 spiro atoms. The minimum Gasteiger partial charge on any atom is -0.481 e. The van der Waals surface area contributed by atoms with Gasteiger partial charge >= 0.3 is 0 Å². The largest absolute Gasteiger partial charge is 0.481 e. The Kier molecular flexibility index (Phi) is 5.08. The van der Waals surface area contributed by atoms with Crippen molar-refractivity contribution in [2.24, 2.45) is 0 Å². The molecule has 0 bridgehead atoms. The van der Waals surface area contributed by atoms with Gasteiger partial charge in [0.1, 0.15) is 0 Å². The van der Waals surface area contributed by atoms with Gasteiger partial charge in [-0.1, -0.05) is 54.6 Å². The van der Waals surface area contributed by atoms with Gasteiger partial charge in [-0.3, -0.25) is 4.90 Å². The van der Waals surface area contributed by atoms with Crippen molar-refractivity contribution in [1.29, 1.82) is 0 Å². The van der Waals surface area contributed by atoms with Crippen molar-refractivity contribution < 1.29 is 4.74 Å². The second-order valence-corrected chi connectivity index (χ2v) is 7.68. The lowest BCUT2D eigenvalue weighted by Crippen LogP contribution is -2.28. The maximum Gasteiger partial charge on any atom is 0.222 e. The maximum atomic E-state index is 5.56. The Balaban J connectivity index is 1.53. The standard InChI is InChI=1S/C26H25N3O/c1-30-26-22(11-7-15-27-26)25-24(21-10-5-6-12-23(21)28-25)20-13-16-29(17-14-20)18-19-8-3-2-4-9-19/h2-13,15,28H,14,16-18H2,1H3. The average molecular weight is 396 g/mol. The number of methoxy groups -OCH3 is 1. The number of pyridine rings is 1. The molecule has 1 N–H and O–H groups in total. The number of nitrogens with zero attached hydrogens (tertiary/aromatic N) is 2. The summed E-state index contributed by atoms with van der Waals surface area (Å²) in [6, 6.07) is 23.2. The molecule has 0 radical (unpaired) electrons. The highest BCUT2D eigenvalue weighted by molar-refractivity contribution is 6.00. The quantitative estimate of drug-likeness (QED) is 0.483. The molecule has 30 heavy (non-hydrogen) atoms. The van der Waals surface area contributed by atoms with Gasteiger partial charge in [-0.2, -0.15) is 0 Å². The fourth-order valence-electron chi connectivity index (χ4n) is 4.34.